The molecule has 2 nitrogen and oxygen atoms in total. The molecule has 1 aliphatic rings. The predicted octanol–water partition coefficient (Wildman–Crippen LogP) is 2.79. The topological polar surface area (TPSA) is 37.3 Å². The maximum Gasteiger partial charge on any atom is 0.303 e. The van der Waals surface area contributed by atoms with Gasteiger partial charge in [0.1, 0.15) is 5.82 Å². The highest BCUT2D eigenvalue weighted by molar-refractivity contribution is 5.68. The van der Waals surface area contributed by atoms with E-state index in [2.05, 4.69) is 0 Å². The molecule has 1 aromatic carbocycles. The second-order valence-corrected chi connectivity index (χ2v) is 4.06. The van der Waals surface area contributed by atoms with Gasteiger partial charge >= 0.3 is 5.97 Å². The summed E-state index contributed by atoms with van der Waals surface area (Å²) in [6.45, 7) is 0. The molecule has 1 aliphatic carbocycles. The van der Waals surface area contributed by atoms with Crippen LogP contribution in [0.15, 0.2) is 24.3 Å². The first-order valence-corrected chi connectivity index (χ1v) is 5.14. The molecule has 0 heterocycles. The van der Waals surface area contributed by atoms with Crippen molar-refractivity contribution in [1.82, 2.24) is 0 Å². The zero-order valence-corrected chi connectivity index (χ0v) is 8.32. The summed E-state index contributed by atoms with van der Waals surface area (Å²) in [4.78, 5) is 10.7. The van der Waals surface area contributed by atoms with Gasteiger partial charge in [0.15, 0.2) is 0 Å². The SMILES string of the molecule is O=C(O)CC(c1ccccc1F)C1CC1. The Kier molecular flexibility index (Phi) is 2.71. The fraction of sp³-hybridized carbons (Fsp3) is 0.417. The van der Waals surface area contributed by atoms with E-state index in [1.807, 2.05) is 0 Å². The summed E-state index contributed by atoms with van der Waals surface area (Å²) in [7, 11) is 0. The first kappa shape index (κ1) is 10.1. The Morgan fingerprint density at radius 3 is 2.67 bits per heavy atom. The van der Waals surface area contributed by atoms with Crippen LogP contribution in [0.2, 0.25) is 0 Å². The third kappa shape index (κ3) is 2.35. The standard InChI is InChI=1S/C12H13FO2/c13-11-4-2-1-3-9(11)10(7-12(14)15)8-5-6-8/h1-4,8,10H,5-7H2,(H,14,15). The summed E-state index contributed by atoms with van der Waals surface area (Å²) in [6, 6.07) is 6.48. The summed E-state index contributed by atoms with van der Waals surface area (Å²) in [5.41, 5.74) is 0.558. The second kappa shape index (κ2) is 4.01. The Bertz CT molecular complexity index is 372. The van der Waals surface area contributed by atoms with Gasteiger partial charge in [0, 0.05) is 5.92 Å². The minimum absolute atomic E-state index is 0.0333. The lowest BCUT2D eigenvalue weighted by atomic mass is 9.91. The normalized spacial score (nSPS) is 17.4. The number of halogens is 1. The molecule has 80 valence electrons. The summed E-state index contributed by atoms with van der Waals surface area (Å²) in [5, 5.41) is 8.79. The lowest BCUT2D eigenvalue weighted by molar-refractivity contribution is -0.137. The molecular formula is C12H13FO2. The molecule has 0 saturated heterocycles. The third-order valence-corrected chi connectivity index (χ3v) is 2.89. The van der Waals surface area contributed by atoms with Gasteiger partial charge < -0.3 is 5.11 Å². The number of hydrogen-bond donors (Lipinski definition) is 1. The van der Waals surface area contributed by atoms with Crippen LogP contribution in [-0.2, 0) is 4.79 Å². The van der Waals surface area contributed by atoms with Crippen LogP contribution in [-0.4, -0.2) is 11.1 Å². The van der Waals surface area contributed by atoms with Crippen molar-refractivity contribution in [1.29, 1.82) is 0 Å². The highest BCUT2D eigenvalue weighted by atomic mass is 19.1. The molecule has 2 rings (SSSR count). The van der Waals surface area contributed by atoms with E-state index in [1.165, 1.54) is 6.07 Å². The first-order valence-electron chi connectivity index (χ1n) is 5.14. The van der Waals surface area contributed by atoms with Crippen LogP contribution in [0.1, 0.15) is 30.7 Å². The minimum atomic E-state index is -0.852. The van der Waals surface area contributed by atoms with Crippen LogP contribution < -0.4 is 0 Å². The van der Waals surface area contributed by atoms with Gasteiger partial charge in [0.25, 0.3) is 0 Å². The number of carboxylic acid groups (broad SMARTS) is 1. The Morgan fingerprint density at radius 2 is 2.13 bits per heavy atom. The smallest absolute Gasteiger partial charge is 0.303 e. The summed E-state index contributed by atoms with van der Waals surface area (Å²) in [6.07, 6.45) is 2.07. The molecule has 1 fully saturated rings. The predicted molar refractivity (Wildman–Crippen MR) is 54.1 cm³/mol. The Hall–Kier alpha value is -1.38. The van der Waals surface area contributed by atoms with Crippen LogP contribution >= 0.6 is 0 Å². The highest BCUT2D eigenvalue weighted by Gasteiger charge is 2.34. The molecule has 0 spiro atoms. The van der Waals surface area contributed by atoms with Gasteiger partial charge in [0.05, 0.1) is 6.42 Å². The molecule has 15 heavy (non-hydrogen) atoms. The van der Waals surface area contributed by atoms with Gasteiger partial charge in [-0.15, -0.1) is 0 Å². The van der Waals surface area contributed by atoms with Crippen molar-refractivity contribution >= 4 is 5.97 Å². The Labute approximate surface area is 87.7 Å². The number of carbonyl (C=O) groups is 1. The second-order valence-electron chi connectivity index (χ2n) is 4.06. The molecule has 0 bridgehead atoms. The molecule has 1 aromatic rings. The number of carboxylic acids is 1. The highest BCUT2D eigenvalue weighted by Crippen LogP contribution is 2.45. The van der Waals surface area contributed by atoms with Gasteiger partial charge in [-0.2, -0.15) is 0 Å². The van der Waals surface area contributed by atoms with Crippen molar-refractivity contribution in [3.05, 3.63) is 35.6 Å². The molecule has 0 aromatic heterocycles. The quantitative estimate of drug-likeness (QED) is 0.826. The van der Waals surface area contributed by atoms with Crippen LogP contribution in [0.25, 0.3) is 0 Å². The lowest BCUT2D eigenvalue weighted by Gasteiger charge is -2.14. The van der Waals surface area contributed by atoms with Gasteiger partial charge in [-0.3, -0.25) is 4.79 Å². The largest absolute Gasteiger partial charge is 0.481 e. The summed E-state index contributed by atoms with van der Waals surface area (Å²) >= 11 is 0. The van der Waals surface area contributed by atoms with E-state index < -0.39 is 5.97 Å². The Morgan fingerprint density at radius 1 is 1.47 bits per heavy atom. The number of benzene rings is 1. The molecule has 0 aliphatic heterocycles. The van der Waals surface area contributed by atoms with Crippen LogP contribution in [0.5, 0.6) is 0 Å². The third-order valence-electron chi connectivity index (χ3n) is 2.89. The molecule has 1 saturated carbocycles. The fourth-order valence-corrected chi connectivity index (χ4v) is 1.99. The number of aliphatic carboxylic acids is 1. The number of hydrogen-bond acceptors (Lipinski definition) is 1. The number of rotatable bonds is 4. The van der Waals surface area contributed by atoms with Crippen LogP contribution in [0, 0.1) is 11.7 Å². The van der Waals surface area contributed by atoms with Crippen molar-refractivity contribution in [2.75, 3.05) is 0 Å². The van der Waals surface area contributed by atoms with Crippen molar-refractivity contribution in [3.8, 4) is 0 Å². The molecular weight excluding hydrogens is 195 g/mol. The first-order chi connectivity index (χ1) is 7.18. The van der Waals surface area contributed by atoms with Crippen molar-refractivity contribution in [2.24, 2.45) is 5.92 Å². The molecule has 0 amide bonds. The minimum Gasteiger partial charge on any atom is -0.481 e. The van der Waals surface area contributed by atoms with E-state index >= 15 is 0 Å². The van der Waals surface area contributed by atoms with Crippen LogP contribution in [0.4, 0.5) is 4.39 Å². The van der Waals surface area contributed by atoms with E-state index in [0.717, 1.165) is 12.8 Å². The average Bonchev–Trinajstić information content (AvgIpc) is 2.98. The zero-order chi connectivity index (χ0) is 10.8. The molecule has 1 atom stereocenters. The molecule has 1 N–H and O–H groups in total. The van der Waals surface area contributed by atoms with Gasteiger partial charge in [-0.05, 0) is 30.4 Å². The lowest BCUT2D eigenvalue weighted by Crippen LogP contribution is -2.09. The fourth-order valence-electron chi connectivity index (χ4n) is 1.99. The summed E-state index contributed by atoms with van der Waals surface area (Å²) < 4.78 is 13.5. The average molecular weight is 208 g/mol. The van der Waals surface area contributed by atoms with E-state index in [0.29, 0.717) is 11.5 Å². The monoisotopic (exact) mass is 208 g/mol. The van der Waals surface area contributed by atoms with E-state index in [9.17, 15) is 9.18 Å². The van der Waals surface area contributed by atoms with E-state index in [-0.39, 0.29) is 18.2 Å². The maximum atomic E-state index is 13.5. The summed E-state index contributed by atoms with van der Waals surface area (Å²) in [5.74, 6) is -0.924. The van der Waals surface area contributed by atoms with E-state index in [1.54, 1.807) is 18.2 Å². The molecule has 0 radical (unpaired) electrons. The maximum absolute atomic E-state index is 13.5. The van der Waals surface area contributed by atoms with Gasteiger partial charge in [-0.25, -0.2) is 4.39 Å². The van der Waals surface area contributed by atoms with Gasteiger partial charge in [0.2, 0.25) is 0 Å². The molecule has 1 unspecified atom stereocenters. The van der Waals surface area contributed by atoms with Gasteiger partial charge in [-0.1, -0.05) is 18.2 Å². The van der Waals surface area contributed by atoms with Crippen molar-refractivity contribution in [3.63, 3.8) is 0 Å². The Balaban J connectivity index is 2.24. The zero-order valence-electron chi connectivity index (χ0n) is 8.32. The van der Waals surface area contributed by atoms with E-state index in [4.69, 9.17) is 5.11 Å². The molecule has 3 heteroatoms. The van der Waals surface area contributed by atoms with Crippen LogP contribution in [0.3, 0.4) is 0 Å². The van der Waals surface area contributed by atoms with Crippen molar-refractivity contribution < 1.29 is 14.3 Å². The van der Waals surface area contributed by atoms with Crippen molar-refractivity contribution in [2.45, 2.75) is 25.2 Å².